The highest BCUT2D eigenvalue weighted by Crippen LogP contribution is 2.35. The van der Waals surface area contributed by atoms with Crippen LogP contribution in [0.4, 0.5) is 0 Å². The van der Waals surface area contributed by atoms with Crippen molar-refractivity contribution >= 4 is 38.9 Å². The molecule has 0 saturated heterocycles. The molecular weight excluding hydrogens is 376 g/mol. The third-order valence-corrected chi connectivity index (χ3v) is 6.54. The first-order valence-corrected chi connectivity index (χ1v) is 10.5. The first kappa shape index (κ1) is 19.9. The van der Waals surface area contributed by atoms with E-state index in [0.717, 1.165) is 28.7 Å². The van der Waals surface area contributed by atoms with E-state index in [1.165, 1.54) is 16.9 Å². The maximum Gasteiger partial charge on any atom is 0.262 e. The van der Waals surface area contributed by atoms with Gasteiger partial charge in [-0.2, -0.15) is 0 Å². The topological polar surface area (TPSA) is 32.3 Å². The molecule has 0 spiro atoms. The Morgan fingerprint density at radius 3 is 2.52 bits per heavy atom. The third-order valence-electron chi connectivity index (χ3n) is 4.88. The fraction of sp³-hybridized carbons (Fsp3) is 0.318. The van der Waals surface area contributed by atoms with Crippen molar-refractivity contribution < 1.29 is 4.79 Å². The van der Waals surface area contributed by atoms with Gasteiger partial charge in [0.1, 0.15) is 4.88 Å². The van der Waals surface area contributed by atoms with E-state index in [1.807, 2.05) is 37.3 Å². The van der Waals surface area contributed by atoms with Crippen LogP contribution in [0.1, 0.15) is 40.7 Å². The van der Waals surface area contributed by atoms with Gasteiger partial charge < -0.3 is 5.32 Å². The molecule has 0 aliphatic heterocycles. The number of carbonyl (C=O) groups excluding carboxylic acids is 1. The molecule has 1 N–H and O–H groups in total. The number of likely N-dealkylation sites (N-methyl/N-ethyl adjacent to an activating group) is 1. The van der Waals surface area contributed by atoms with E-state index >= 15 is 0 Å². The molecule has 2 aromatic carbocycles. The molecule has 1 atom stereocenters. The number of benzene rings is 2. The number of hydrogen-bond donors (Lipinski definition) is 1. The van der Waals surface area contributed by atoms with Crippen LogP contribution in [0.5, 0.6) is 0 Å². The van der Waals surface area contributed by atoms with Crippen LogP contribution in [0.25, 0.3) is 10.1 Å². The number of carbonyl (C=O) groups is 1. The summed E-state index contributed by atoms with van der Waals surface area (Å²) in [6.07, 6.45) is 0. The van der Waals surface area contributed by atoms with Gasteiger partial charge in [0.15, 0.2) is 0 Å². The summed E-state index contributed by atoms with van der Waals surface area (Å²) in [7, 11) is 0. The van der Waals surface area contributed by atoms with Crippen LogP contribution in [0.3, 0.4) is 0 Å². The summed E-state index contributed by atoms with van der Waals surface area (Å²) in [6.45, 7) is 8.73. The Balaban J connectivity index is 1.81. The van der Waals surface area contributed by atoms with Gasteiger partial charge in [0.05, 0.1) is 11.1 Å². The highest BCUT2D eigenvalue weighted by atomic mass is 35.5. The van der Waals surface area contributed by atoms with Gasteiger partial charge in [-0.05, 0) is 37.2 Å². The lowest BCUT2D eigenvalue weighted by atomic mass is 10.1. The minimum Gasteiger partial charge on any atom is -0.349 e. The second-order valence-electron chi connectivity index (χ2n) is 6.60. The Labute approximate surface area is 170 Å². The Bertz CT molecular complexity index is 919. The van der Waals surface area contributed by atoms with E-state index in [4.69, 9.17) is 11.6 Å². The van der Waals surface area contributed by atoms with Gasteiger partial charge in [0.2, 0.25) is 0 Å². The molecule has 0 bridgehead atoms. The van der Waals surface area contributed by atoms with Crippen LogP contribution in [0.2, 0.25) is 5.02 Å². The van der Waals surface area contributed by atoms with Crippen molar-refractivity contribution in [2.45, 2.75) is 26.8 Å². The summed E-state index contributed by atoms with van der Waals surface area (Å²) in [6, 6.07) is 16.6. The molecule has 1 amide bonds. The molecular formula is C22H25ClN2OS. The second-order valence-corrected chi connectivity index (χ2v) is 8.03. The monoisotopic (exact) mass is 400 g/mol. The van der Waals surface area contributed by atoms with Crippen LogP contribution in [0.15, 0.2) is 48.5 Å². The smallest absolute Gasteiger partial charge is 0.262 e. The van der Waals surface area contributed by atoms with E-state index < -0.39 is 0 Å². The molecule has 1 aromatic heterocycles. The number of rotatable bonds is 7. The summed E-state index contributed by atoms with van der Waals surface area (Å²) in [4.78, 5) is 15.8. The number of hydrogen-bond acceptors (Lipinski definition) is 3. The van der Waals surface area contributed by atoms with Crippen LogP contribution in [0, 0.1) is 6.92 Å². The molecule has 0 saturated carbocycles. The second kappa shape index (κ2) is 8.87. The molecule has 142 valence electrons. The van der Waals surface area contributed by atoms with Gasteiger partial charge in [-0.3, -0.25) is 9.69 Å². The molecule has 3 rings (SSSR count). The predicted molar refractivity (Wildman–Crippen MR) is 116 cm³/mol. The number of fused-ring (bicyclic) bond motifs is 1. The summed E-state index contributed by atoms with van der Waals surface area (Å²) in [5.74, 6) is -0.105. The summed E-state index contributed by atoms with van der Waals surface area (Å²) in [5, 5.41) is 4.60. The zero-order valence-electron chi connectivity index (χ0n) is 16.0. The van der Waals surface area contributed by atoms with Crippen LogP contribution >= 0.6 is 22.9 Å². The van der Waals surface area contributed by atoms with E-state index in [1.54, 1.807) is 0 Å². The minimum absolute atomic E-state index is 0.105. The first-order valence-electron chi connectivity index (χ1n) is 9.31. The van der Waals surface area contributed by atoms with Gasteiger partial charge in [0.25, 0.3) is 5.91 Å². The molecule has 0 aliphatic carbocycles. The van der Waals surface area contributed by atoms with Gasteiger partial charge in [-0.15, -0.1) is 11.3 Å². The van der Waals surface area contributed by atoms with Crippen molar-refractivity contribution in [2.24, 2.45) is 0 Å². The fourth-order valence-corrected chi connectivity index (χ4v) is 4.92. The zero-order valence-corrected chi connectivity index (χ0v) is 17.5. The highest BCUT2D eigenvalue weighted by Gasteiger charge is 2.21. The molecule has 1 heterocycles. The Kier molecular flexibility index (Phi) is 6.53. The van der Waals surface area contributed by atoms with Crippen molar-refractivity contribution in [2.75, 3.05) is 19.6 Å². The number of nitrogens with one attached hydrogen (secondary N) is 1. The lowest BCUT2D eigenvalue weighted by Gasteiger charge is -2.30. The highest BCUT2D eigenvalue weighted by molar-refractivity contribution is 7.21. The number of aryl methyl sites for hydroxylation is 1. The van der Waals surface area contributed by atoms with Crippen molar-refractivity contribution in [3.8, 4) is 0 Å². The summed E-state index contributed by atoms with van der Waals surface area (Å²) in [5.41, 5.74) is 2.37. The van der Waals surface area contributed by atoms with Crippen molar-refractivity contribution in [1.29, 1.82) is 0 Å². The Hall–Kier alpha value is -1.88. The van der Waals surface area contributed by atoms with Gasteiger partial charge in [-0.25, -0.2) is 0 Å². The molecule has 3 aromatic rings. The molecule has 0 unspecified atom stereocenters. The molecule has 0 fully saturated rings. The molecule has 27 heavy (non-hydrogen) atoms. The average Bonchev–Trinajstić information content (AvgIpc) is 3.01. The fourth-order valence-electron chi connectivity index (χ4n) is 3.39. The minimum atomic E-state index is -0.105. The van der Waals surface area contributed by atoms with E-state index in [0.29, 0.717) is 16.4 Å². The maximum absolute atomic E-state index is 12.9. The molecule has 0 aliphatic rings. The van der Waals surface area contributed by atoms with Gasteiger partial charge in [-0.1, -0.05) is 67.9 Å². The average molecular weight is 401 g/mol. The first-order chi connectivity index (χ1) is 13.0. The summed E-state index contributed by atoms with van der Waals surface area (Å²) >= 11 is 7.95. The van der Waals surface area contributed by atoms with Crippen LogP contribution in [-0.4, -0.2) is 30.4 Å². The van der Waals surface area contributed by atoms with E-state index in [9.17, 15) is 4.79 Å². The van der Waals surface area contributed by atoms with E-state index in [-0.39, 0.29) is 11.9 Å². The van der Waals surface area contributed by atoms with Crippen molar-refractivity contribution in [1.82, 2.24) is 10.2 Å². The largest absolute Gasteiger partial charge is 0.349 e. The number of halogens is 1. The van der Waals surface area contributed by atoms with E-state index in [2.05, 4.69) is 42.3 Å². The normalized spacial score (nSPS) is 12.5. The van der Waals surface area contributed by atoms with Crippen LogP contribution in [-0.2, 0) is 0 Å². The van der Waals surface area contributed by atoms with Crippen LogP contribution < -0.4 is 5.32 Å². The zero-order chi connectivity index (χ0) is 19.4. The predicted octanol–water partition coefficient (Wildman–Crippen LogP) is 5.68. The molecule has 0 radical (unpaired) electrons. The van der Waals surface area contributed by atoms with Crippen molar-refractivity contribution in [3.63, 3.8) is 0 Å². The lowest BCUT2D eigenvalue weighted by Crippen LogP contribution is -2.38. The Morgan fingerprint density at radius 1 is 1.15 bits per heavy atom. The van der Waals surface area contributed by atoms with Crippen molar-refractivity contribution in [3.05, 3.63) is 69.6 Å². The third kappa shape index (κ3) is 4.34. The maximum atomic E-state index is 12.9. The quantitative estimate of drug-likeness (QED) is 0.553. The molecule has 3 nitrogen and oxygen atoms in total. The van der Waals surface area contributed by atoms with Gasteiger partial charge >= 0.3 is 0 Å². The number of amides is 1. The standard InChI is InChI=1S/C22H25ClN2OS/c1-4-25(5-2)18(16-9-7-6-8-10-16)14-24-22(26)21-20(23)17-12-11-15(3)13-19(17)27-21/h6-13,18H,4-5,14H2,1-3H3,(H,24,26)/t18-/m1/s1. The molecule has 5 heteroatoms. The lowest BCUT2D eigenvalue weighted by molar-refractivity contribution is 0.0939. The SMILES string of the molecule is CCN(CC)[C@H](CNC(=O)c1sc2cc(C)ccc2c1Cl)c1ccccc1. The number of nitrogens with zero attached hydrogens (tertiary/aromatic N) is 1. The summed E-state index contributed by atoms with van der Waals surface area (Å²) < 4.78 is 1.05. The van der Waals surface area contributed by atoms with Gasteiger partial charge in [0, 0.05) is 16.6 Å². The Morgan fingerprint density at radius 2 is 1.85 bits per heavy atom. The number of thiophene rings is 1.